The normalized spacial score (nSPS) is 10.5. The number of anilines is 1. The molecule has 2 heterocycles. The summed E-state index contributed by atoms with van der Waals surface area (Å²) >= 11 is 0. The Kier molecular flexibility index (Phi) is 1.00. The average molecular weight is 149 g/mol. The quantitative estimate of drug-likeness (QED) is 0.541. The summed E-state index contributed by atoms with van der Waals surface area (Å²) in [4.78, 5) is 3.78. The van der Waals surface area contributed by atoms with Crippen molar-refractivity contribution in [3.8, 4) is 5.75 Å². The molecule has 56 valence electrons. The van der Waals surface area contributed by atoms with Crippen LogP contribution >= 0.6 is 0 Å². The molecule has 0 fully saturated rings. The SMILES string of the molecule is Nc1ncc2cc([O-])cnn12. The van der Waals surface area contributed by atoms with Crippen LogP contribution in [0.1, 0.15) is 0 Å². The number of imidazole rings is 1. The third-order valence-electron chi connectivity index (χ3n) is 1.38. The summed E-state index contributed by atoms with van der Waals surface area (Å²) in [7, 11) is 0. The third kappa shape index (κ3) is 0.778. The smallest absolute Gasteiger partial charge is 0.221 e. The lowest BCUT2D eigenvalue weighted by atomic mass is 10.4. The number of nitrogens with zero attached hydrogens (tertiary/aromatic N) is 3. The minimum absolute atomic E-state index is 0.141. The molecule has 0 spiro atoms. The standard InChI is InChI=1S/C6H6N4O/c7-6-8-2-4-1-5(11)3-9-10(4)6/h1-3,11H,(H2,7,8)/p-1. The number of rotatable bonds is 0. The molecule has 0 saturated heterocycles. The minimum Gasteiger partial charge on any atom is -0.871 e. The number of nitrogens with two attached hydrogens (primary N) is 1. The van der Waals surface area contributed by atoms with Crippen LogP contribution < -0.4 is 10.8 Å². The molecule has 0 aliphatic heterocycles. The minimum atomic E-state index is -0.141. The second-order valence-electron chi connectivity index (χ2n) is 2.14. The highest BCUT2D eigenvalue weighted by molar-refractivity contribution is 5.51. The highest BCUT2D eigenvalue weighted by Crippen LogP contribution is 2.09. The first kappa shape index (κ1) is 5.96. The summed E-state index contributed by atoms with van der Waals surface area (Å²) in [6.45, 7) is 0. The van der Waals surface area contributed by atoms with E-state index in [1.165, 1.54) is 23.0 Å². The van der Waals surface area contributed by atoms with Crippen LogP contribution in [0.5, 0.6) is 5.75 Å². The van der Waals surface area contributed by atoms with Crippen molar-refractivity contribution in [2.24, 2.45) is 0 Å². The van der Waals surface area contributed by atoms with Gasteiger partial charge in [-0.05, 0) is 6.07 Å². The Labute approximate surface area is 62.1 Å². The van der Waals surface area contributed by atoms with E-state index < -0.39 is 0 Å². The lowest BCUT2D eigenvalue weighted by Crippen LogP contribution is -1.99. The van der Waals surface area contributed by atoms with Crippen LogP contribution in [0.25, 0.3) is 5.52 Å². The Hall–Kier alpha value is -1.78. The highest BCUT2D eigenvalue weighted by atomic mass is 16.3. The maximum absolute atomic E-state index is 10.7. The fourth-order valence-electron chi connectivity index (χ4n) is 0.896. The van der Waals surface area contributed by atoms with E-state index in [4.69, 9.17) is 5.73 Å². The molecule has 0 aliphatic carbocycles. The third-order valence-corrected chi connectivity index (χ3v) is 1.38. The van der Waals surface area contributed by atoms with Crippen molar-refractivity contribution in [1.29, 1.82) is 0 Å². The van der Waals surface area contributed by atoms with Gasteiger partial charge < -0.3 is 10.8 Å². The number of nitrogen functional groups attached to an aromatic ring is 1. The van der Waals surface area contributed by atoms with Crippen molar-refractivity contribution in [2.75, 3.05) is 5.73 Å². The molecule has 2 aromatic heterocycles. The molecule has 0 radical (unpaired) electrons. The Morgan fingerprint density at radius 1 is 1.45 bits per heavy atom. The van der Waals surface area contributed by atoms with Gasteiger partial charge in [0.05, 0.1) is 11.7 Å². The van der Waals surface area contributed by atoms with Crippen LogP contribution in [-0.2, 0) is 0 Å². The van der Waals surface area contributed by atoms with E-state index in [0.29, 0.717) is 11.5 Å². The summed E-state index contributed by atoms with van der Waals surface area (Å²) in [5.74, 6) is 0.150. The molecule has 0 bridgehead atoms. The highest BCUT2D eigenvalue weighted by Gasteiger charge is 1.96. The molecular formula is C6H5N4O-. The van der Waals surface area contributed by atoms with Gasteiger partial charge in [0.2, 0.25) is 5.95 Å². The van der Waals surface area contributed by atoms with Gasteiger partial charge in [0.15, 0.2) is 0 Å². The van der Waals surface area contributed by atoms with E-state index in [0.717, 1.165) is 0 Å². The number of aromatic nitrogens is 3. The fourth-order valence-corrected chi connectivity index (χ4v) is 0.896. The summed E-state index contributed by atoms with van der Waals surface area (Å²) in [6, 6.07) is 1.43. The van der Waals surface area contributed by atoms with Gasteiger partial charge in [0, 0.05) is 6.20 Å². The first-order chi connectivity index (χ1) is 5.27. The van der Waals surface area contributed by atoms with Gasteiger partial charge in [-0.1, -0.05) is 5.75 Å². The molecule has 11 heavy (non-hydrogen) atoms. The molecule has 5 heteroatoms. The second-order valence-corrected chi connectivity index (χ2v) is 2.14. The molecule has 0 amide bonds. The number of fused-ring (bicyclic) bond motifs is 1. The topological polar surface area (TPSA) is 79.3 Å². The maximum Gasteiger partial charge on any atom is 0.221 e. The van der Waals surface area contributed by atoms with E-state index in [2.05, 4.69) is 10.1 Å². The summed E-state index contributed by atoms with van der Waals surface area (Å²) < 4.78 is 1.40. The van der Waals surface area contributed by atoms with Gasteiger partial charge in [-0.3, -0.25) is 0 Å². The summed E-state index contributed by atoms with van der Waals surface area (Å²) in [5, 5.41) is 14.5. The van der Waals surface area contributed by atoms with Gasteiger partial charge in [0.25, 0.3) is 0 Å². The van der Waals surface area contributed by atoms with Crippen molar-refractivity contribution in [3.05, 3.63) is 18.5 Å². The molecule has 2 rings (SSSR count). The van der Waals surface area contributed by atoms with E-state index in [1.54, 1.807) is 0 Å². The zero-order valence-corrected chi connectivity index (χ0v) is 5.56. The van der Waals surface area contributed by atoms with Gasteiger partial charge in [0.1, 0.15) is 0 Å². The van der Waals surface area contributed by atoms with Crippen LogP contribution in [0.2, 0.25) is 0 Å². The predicted molar refractivity (Wildman–Crippen MR) is 36.8 cm³/mol. The Bertz CT molecular complexity index is 394. The monoisotopic (exact) mass is 149 g/mol. The largest absolute Gasteiger partial charge is 0.871 e. The number of hydrogen-bond acceptors (Lipinski definition) is 4. The van der Waals surface area contributed by atoms with Gasteiger partial charge in [-0.15, -0.1) is 0 Å². The van der Waals surface area contributed by atoms with Crippen molar-refractivity contribution in [3.63, 3.8) is 0 Å². The molecule has 0 atom stereocenters. The predicted octanol–water partition coefficient (Wildman–Crippen LogP) is -0.615. The molecule has 2 N–H and O–H groups in total. The Morgan fingerprint density at radius 2 is 2.27 bits per heavy atom. The summed E-state index contributed by atoms with van der Waals surface area (Å²) in [6.07, 6.45) is 2.70. The van der Waals surface area contributed by atoms with E-state index in [1.807, 2.05) is 0 Å². The van der Waals surface area contributed by atoms with Crippen LogP contribution in [0.4, 0.5) is 5.95 Å². The fraction of sp³-hybridized carbons (Fsp3) is 0. The average Bonchev–Trinajstić information content (AvgIpc) is 2.32. The Morgan fingerprint density at radius 3 is 3.09 bits per heavy atom. The first-order valence-corrected chi connectivity index (χ1v) is 3.03. The maximum atomic E-state index is 10.7. The zero-order chi connectivity index (χ0) is 7.84. The molecule has 0 unspecified atom stereocenters. The molecule has 2 aromatic rings. The summed E-state index contributed by atoms with van der Waals surface area (Å²) in [5.41, 5.74) is 6.03. The van der Waals surface area contributed by atoms with Crippen molar-refractivity contribution < 1.29 is 5.11 Å². The van der Waals surface area contributed by atoms with Crippen LogP contribution in [-0.4, -0.2) is 14.6 Å². The second kappa shape index (κ2) is 1.85. The van der Waals surface area contributed by atoms with E-state index in [9.17, 15) is 5.11 Å². The van der Waals surface area contributed by atoms with Crippen molar-refractivity contribution in [1.82, 2.24) is 14.6 Å². The van der Waals surface area contributed by atoms with Crippen LogP contribution in [0.15, 0.2) is 18.5 Å². The molecule has 0 aromatic carbocycles. The molecular weight excluding hydrogens is 144 g/mol. The lowest BCUT2D eigenvalue weighted by Gasteiger charge is -2.02. The molecule has 0 aliphatic rings. The van der Waals surface area contributed by atoms with E-state index in [-0.39, 0.29) is 5.75 Å². The van der Waals surface area contributed by atoms with Gasteiger partial charge >= 0.3 is 0 Å². The molecule has 5 nitrogen and oxygen atoms in total. The van der Waals surface area contributed by atoms with Crippen LogP contribution in [0, 0.1) is 0 Å². The first-order valence-electron chi connectivity index (χ1n) is 3.03. The van der Waals surface area contributed by atoms with Crippen molar-refractivity contribution >= 4 is 11.5 Å². The van der Waals surface area contributed by atoms with Crippen molar-refractivity contribution in [2.45, 2.75) is 0 Å². The lowest BCUT2D eigenvalue weighted by molar-refractivity contribution is -0.268. The van der Waals surface area contributed by atoms with Crippen LogP contribution in [0.3, 0.4) is 0 Å². The Balaban J connectivity index is 2.86. The van der Waals surface area contributed by atoms with Gasteiger partial charge in [-0.2, -0.15) is 9.61 Å². The number of hydrogen-bond donors (Lipinski definition) is 1. The molecule has 0 saturated carbocycles. The zero-order valence-electron chi connectivity index (χ0n) is 5.56. The van der Waals surface area contributed by atoms with E-state index >= 15 is 0 Å². The van der Waals surface area contributed by atoms with Gasteiger partial charge in [-0.25, -0.2) is 4.98 Å².